The fourth-order valence-corrected chi connectivity index (χ4v) is 3.11. The van der Waals surface area contributed by atoms with E-state index in [2.05, 4.69) is 50.5 Å². The van der Waals surface area contributed by atoms with E-state index < -0.39 is 9.84 Å². The highest BCUT2D eigenvalue weighted by Gasteiger charge is 2.16. The minimum Gasteiger partial charge on any atom is -0.271 e. The van der Waals surface area contributed by atoms with E-state index in [-0.39, 0.29) is 23.0 Å². The van der Waals surface area contributed by atoms with E-state index in [4.69, 9.17) is 5.84 Å². The quantitative estimate of drug-likeness (QED) is 0.600. The van der Waals surface area contributed by atoms with Crippen molar-refractivity contribution >= 4 is 9.84 Å². The molecule has 1 aromatic carbocycles. The van der Waals surface area contributed by atoms with Crippen molar-refractivity contribution in [3.63, 3.8) is 0 Å². The summed E-state index contributed by atoms with van der Waals surface area (Å²) in [4.78, 5) is 0. The average molecular weight is 312 g/mol. The number of sulfone groups is 1. The molecule has 5 heteroatoms. The van der Waals surface area contributed by atoms with Crippen LogP contribution in [0.2, 0.25) is 0 Å². The van der Waals surface area contributed by atoms with E-state index in [1.165, 1.54) is 5.56 Å². The van der Waals surface area contributed by atoms with Crippen LogP contribution in [-0.4, -0.2) is 19.9 Å². The Morgan fingerprint density at radius 3 is 2.19 bits per heavy atom. The lowest BCUT2D eigenvalue weighted by Gasteiger charge is -2.21. The monoisotopic (exact) mass is 312 g/mol. The Labute approximate surface area is 129 Å². The predicted molar refractivity (Wildman–Crippen MR) is 88.8 cm³/mol. The molecule has 1 unspecified atom stereocenters. The second kappa shape index (κ2) is 7.38. The van der Waals surface area contributed by atoms with Crippen molar-refractivity contribution in [1.29, 1.82) is 0 Å². The van der Waals surface area contributed by atoms with Crippen LogP contribution in [0.3, 0.4) is 0 Å². The van der Waals surface area contributed by atoms with Crippen LogP contribution < -0.4 is 11.3 Å². The fraction of sp³-hybridized carbons (Fsp3) is 0.625. The van der Waals surface area contributed by atoms with Gasteiger partial charge in [-0.3, -0.25) is 11.3 Å². The lowest BCUT2D eigenvalue weighted by atomic mass is 9.86. The van der Waals surface area contributed by atoms with E-state index in [1.807, 2.05) is 0 Å². The van der Waals surface area contributed by atoms with Gasteiger partial charge in [0.2, 0.25) is 0 Å². The second-order valence-corrected chi connectivity index (χ2v) is 8.94. The van der Waals surface area contributed by atoms with Crippen molar-refractivity contribution in [2.75, 3.05) is 11.5 Å². The van der Waals surface area contributed by atoms with Gasteiger partial charge in [0.25, 0.3) is 0 Å². The third-order valence-electron chi connectivity index (χ3n) is 3.77. The lowest BCUT2D eigenvalue weighted by molar-refractivity contribution is 0.506. The number of hydrazine groups is 1. The summed E-state index contributed by atoms with van der Waals surface area (Å²) in [6.07, 6.45) is 1.33. The summed E-state index contributed by atoms with van der Waals surface area (Å²) in [5, 5.41) is 0. The largest absolute Gasteiger partial charge is 0.271 e. The summed E-state index contributed by atoms with van der Waals surface area (Å²) in [5.74, 6) is 6.04. The van der Waals surface area contributed by atoms with Gasteiger partial charge in [0.05, 0.1) is 5.75 Å². The van der Waals surface area contributed by atoms with Gasteiger partial charge in [-0.2, -0.15) is 0 Å². The highest BCUT2D eigenvalue weighted by atomic mass is 32.2. The van der Waals surface area contributed by atoms with Crippen LogP contribution in [0.1, 0.15) is 57.7 Å². The number of benzene rings is 1. The Morgan fingerprint density at radius 2 is 1.76 bits per heavy atom. The van der Waals surface area contributed by atoms with Gasteiger partial charge in [-0.05, 0) is 29.4 Å². The Morgan fingerprint density at radius 1 is 1.19 bits per heavy atom. The Hall–Kier alpha value is -0.910. The number of hydrogen-bond acceptors (Lipinski definition) is 4. The van der Waals surface area contributed by atoms with Crippen LogP contribution in [0.25, 0.3) is 0 Å². The molecule has 0 fully saturated rings. The SMILES string of the molecule is CCS(=O)(=O)CCCC(NN)c1ccc(C(C)(C)C)cc1. The maximum absolute atomic E-state index is 11.5. The first-order chi connectivity index (χ1) is 9.69. The van der Waals surface area contributed by atoms with E-state index >= 15 is 0 Å². The zero-order valence-electron chi connectivity index (χ0n) is 13.5. The van der Waals surface area contributed by atoms with Crippen molar-refractivity contribution in [2.24, 2.45) is 5.84 Å². The normalized spacial score (nSPS) is 14.1. The van der Waals surface area contributed by atoms with Gasteiger partial charge in [0.15, 0.2) is 0 Å². The van der Waals surface area contributed by atoms with Crippen molar-refractivity contribution in [1.82, 2.24) is 5.43 Å². The standard InChI is InChI=1S/C16H28N2O2S/c1-5-21(19,20)12-6-7-15(18-17)13-8-10-14(11-9-13)16(2,3)4/h8-11,15,18H,5-7,12,17H2,1-4H3. The summed E-state index contributed by atoms with van der Waals surface area (Å²) < 4.78 is 23.0. The zero-order chi connectivity index (χ0) is 16.1. The van der Waals surface area contributed by atoms with Gasteiger partial charge >= 0.3 is 0 Å². The molecule has 0 bridgehead atoms. The van der Waals surface area contributed by atoms with Crippen molar-refractivity contribution in [3.05, 3.63) is 35.4 Å². The molecular formula is C16H28N2O2S. The topological polar surface area (TPSA) is 72.2 Å². The first-order valence-corrected chi connectivity index (χ1v) is 9.28. The second-order valence-electron chi connectivity index (χ2n) is 6.47. The molecule has 0 aromatic heterocycles. The summed E-state index contributed by atoms with van der Waals surface area (Å²) >= 11 is 0. The summed E-state index contributed by atoms with van der Waals surface area (Å²) in [6.45, 7) is 8.21. The Kier molecular flexibility index (Phi) is 6.38. The minimum absolute atomic E-state index is 0.00826. The first-order valence-electron chi connectivity index (χ1n) is 7.46. The van der Waals surface area contributed by atoms with Crippen LogP contribution in [-0.2, 0) is 15.3 Å². The molecule has 0 radical (unpaired) electrons. The molecule has 21 heavy (non-hydrogen) atoms. The minimum atomic E-state index is -2.90. The third kappa shape index (κ3) is 5.77. The van der Waals surface area contributed by atoms with Gasteiger partial charge < -0.3 is 0 Å². The molecule has 0 aliphatic rings. The summed E-state index contributed by atoms with van der Waals surface area (Å²) in [7, 11) is -2.90. The van der Waals surface area contributed by atoms with Gasteiger partial charge in [0, 0.05) is 11.8 Å². The molecule has 0 aliphatic carbocycles. The molecule has 4 nitrogen and oxygen atoms in total. The molecule has 0 aliphatic heterocycles. The molecular weight excluding hydrogens is 284 g/mol. The van der Waals surface area contributed by atoms with E-state index in [1.54, 1.807) is 6.92 Å². The highest BCUT2D eigenvalue weighted by Crippen LogP contribution is 2.25. The van der Waals surface area contributed by atoms with Gasteiger partial charge in [-0.15, -0.1) is 0 Å². The lowest BCUT2D eigenvalue weighted by Crippen LogP contribution is -2.28. The molecule has 3 N–H and O–H groups in total. The van der Waals surface area contributed by atoms with Crippen molar-refractivity contribution in [3.8, 4) is 0 Å². The molecule has 0 saturated carbocycles. The molecule has 0 heterocycles. The molecule has 1 aromatic rings. The van der Waals surface area contributed by atoms with Crippen LogP contribution in [0.4, 0.5) is 0 Å². The van der Waals surface area contributed by atoms with E-state index in [0.29, 0.717) is 12.8 Å². The fourth-order valence-electron chi connectivity index (χ4n) is 2.21. The highest BCUT2D eigenvalue weighted by molar-refractivity contribution is 7.91. The maximum atomic E-state index is 11.5. The zero-order valence-corrected chi connectivity index (χ0v) is 14.3. The van der Waals surface area contributed by atoms with Crippen LogP contribution in [0, 0.1) is 0 Å². The molecule has 0 amide bonds. The van der Waals surface area contributed by atoms with Crippen LogP contribution in [0.15, 0.2) is 24.3 Å². The Bertz CT molecular complexity index is 530. The number of nitrogens with two attached hydrogens (primary N) is 1. The van der Waals surface area contributed by atoms with E-state index in [9.17, 15) is 8.42 Å². The number of nitrogens with one attached hydrogen (secondary N) is 1. The van der Waals surface area contributed by atoms with Gasteiger partial charge in [-0.1, -0.05) is 52.0 Å². The van der Waals surface area contributed by atoms with Gasteiger partial charge in [-0.25, -0.2) is 8.42 Å². The van der Waals surface area contributed by atoms with E-state index in [0.717, 1.165) is 5.56 Å². The van der Waals surface area contributed by atoms with Crippen molar-refractivity contribution in [2.45, 2.75) is 52.0 Å². The molecule has 0 spiro atoms. The molecule has 120 valence electrons. The molecule has 1 rings (SSSR count). The van der Waals surface area contributed by atoms with Gasteiger partial charge in [0.1, 0.15) is 9.84 Å². The smallest absolute Gasteiger partial charge is 0.150 e. The number of rotatable bonds is 7. The summed E-state index contributed by atoms with van der Waals surface area (Å²) in [5.41, 5.74) is 5.28. The third-order valence-corrected chi connectivity index (χ3v) is 5.56. The van der Waals surface area contributed by atoms with Crippen LogP contribution >= 0.6 is 0 Å². The summed E-state index contributed by atoms with van der Waals surface area (Å²) in [6, 6.07) is 8.36. The molecule has 1 atom stereocenters. The van der Waals surface area contributed by atoms with Crippen molar-refractivity contribution < 1.29 is 8.42 Å². The van der Waals surface area contributed by atoms with Crippen LogP contribution in [0.5, 0.6) is 0 Å². The Balaban J connectivity index is 2.68. The maximum Gasteiger partial charge on any atom is 0.150 e. The molecule has 0 saturated heterocycles. The average Bonchev–Trinajstić information content (AvgIpc) is 2.43. The number of hydrogen-bond donors (Lipinski definition) is 2. The predicted octanol–water partition coefficient (Wildman–Crippen LogP) is 2.70. The first kappa shape index (κ1) is 18.1.